The van der Waals surface area contributed by atoms with Gasteiger partial charge in [0.15, 0.2) is 0 Å². The maximum atomic E-state index is 12.5. The maximum Gasteiger partial charge on any atom is 0.287 e. The van der Waals surface area contributed by atoms with Crippen molar-refractivity contribution in [2.45, 2.75) is 25.3 Å². The second-order valence-corrected chi connectivity index (χ2v) is 7.15. The monoisotopic (exact) mass is 355 g/mol. The second kappa shape index (κ2) is 6.42. The number of benzene rings is 1. The van der Waals surface area contributed by atoms with Crippen LogP contribution in [-0.2, 0) is 12.8 Å². The van der Waals surface area contributed by atoms with Crippen molar-refractivity contribution < 1.29 is 9.90 Å². The van der Waals surface area contributed by atoms with Crippen LogP contribution < -0.4 is 10.9 Å². The second-order valence-electron chi connectivity index (χ2n) is 6.07. The number of nitrogens with zero attached hydrogens (tertiary/aromatic N) is 1. The Morgan fingerprint density at radius 1 is 1.32 bits per heavy atom. The van der Waals surface area contributed by atoms with Crippen LogP contribution in [0.5, 0.6) is 0 Å². The number of aliphatic hydroxyl groups excluding tert-OH is 1. The number of rotatable bonds is 4. The fourth-order valence-corrected chi connectivity index (χ4v) is 4.52. The number of thiophene rings is 1. The predicted octanol–water partition coefficient (Wildman–Crippen LogP) is 1.94. The fraction of sp³-hybridized carbons (Fsp3) is 0.278. The summed E-state index contributed by atoms with van der Waals surface area (Å²) in [7, 11) is 0. The van der Waals surface area contributed by atoms with E-state index in [0.717, 1.165) is 30.4 Å². The number of aliphatic hydroxyl groups is 1. The number of hydrogen-bond acceptors (Lipinski definition) is 5. The molecule has 7 heteroatoms. The van der Waals surface area contributed by atoms with Crippen LogP contribution in [0, 0.1) is 0 Å². The van der Waals surface area contributed by atoms with Crippen molar-refractivity contribution in [2.24, 2.45) is 0 Å². The third kappa shape index (κ3) is 2.85. The number of carbonyl (C=O) groups excluding carboxylic acids is 1. The highest BCUT2D eigenvalue weighted by atomic mass is 32.1. The van der Waals surface area contributed by atoms with Crippen molar-refractivity contribution in [3.8, 4) is 0 Å². The van der Waals surface area contributed by atoms with Gasteiger partial charge in [0.2, 0.25) is 5.82 Å². The molecule has 3 N–H and O–H groups in total. The van der Waals surface area contributed by atoms with Gasteiger partial charge in [0.1, 0.15) is 4.83 Å². The Labute approximate surface area is 147 Å². The molecule has 128 valence electrons. The zero-order chi connectivity index (χ0) is 17.4. The average Bonchev–Trinajstić information content (AvgIpc) is 3.20. The van der Waals surface area contributed by atoms with Crippen LogP contribution in [0.3, 0.4) is 0 Å². The molecule has 0 saturated heterocycles. The van der Waals surface area contributed by atoms with Gasteiger partial charge in [-0.2, -0.15) is 0 Å². The number of fused-ring (bicyclic) bond motifs is 3. The molecule has 1 aliphatic carbocycles. The minimum Gasteiger partial charge on any atom is -0.394 e. The van der Waals surface area contributed by atoms with Gasteiger partial charge in [0.25, 0.3) is 11.5 Å². The molecule has 1 aliphatic rings. The first-order valence-electron chi connectivity index (χ1n) is 8.18. The summed E-state index contributed by atoms with van der Waals surface area (Å²) in [5, 5.41) is 12.9. The lowest BCUT2D eigenvalue weighted by molar-refractivity contribution is 0.0905. The highest BCUT2D eigenvalue weighted by Gasteiger charge is 2.23. The molecule has 0 bridgehead atoms. The summed E-state index contributed by atoms with van der Waals surface area (Å²) in [4.78, 5) is 33.7. The molecule has 25 heavy (non-hydrogen) atoms. The molecule has 4 rings (SSSR count). The Morgan fingerprint density at radius 2 is 2.12 bits per heavy atom. The Bertz CT molecular complexity index is 994. The number of hydrogen-bond donors (Lipinski definition) is 3. The van der Waals surface area contributed by atoms with Crippen molar-refractivity contribution in [3.05, 3.63) is 62.5 Å². The van der Waals surface area contributed by atoms with E-state index in [1.807, 2.05) is 30.3 Å². The highest BCUT2D eigenvalue weighted by Crippen LogP contribution is 2.34. The quantitative estimate of drug-likeness (QED) is 0.666. The number of H-pyrrole nitrogens is 1. The number of amides is 1. The number of aromatic amines is 1. The number of carbonyl (C=O) groups is 1. The van der Waals surface area contributed by atoms with E-state index < -0.39 is 11.9 Å². The lowest BCUT2D eigenvalue weighted by Gasteiger charge is -2.16. The minimum absolute atomic E-state index is 0.0215. The van der Waals surface area contributed by atoms with Crippen molar-refractivity contribution in [1.29, 1.82) is 0 Å². The van der Waals surface area contributed by atoms with Gasteiger partial charge in [-0.25, -0.2) is 4.98 Å². The first-order chi connectivity index (χ1) is 12.2. The van der Waals surface area contributed by atoms with Gasteiger partial charge in [0, 0.05) is 4.88 Å². The molecule has 0 spiro atoms. The van der Waals surface area contributed by atoms with E-state index in [-0.39, 0.29) is 18.0 Å². The summed E-state index contributed by atoms with van der Waals surface area (Å²) in [6.07, 6.45) is 2.93. The van der Waals surface area contributed by atoms with E-state index in [2.05, 4.69) is 15.3 Å². The van der Waals surface area contributed by atoms with E-state index in [0.29, 0.717) is 10.2 Å². The average molecular weight is 355 g/mol. The molecule has 0 unspecified atom stereocenters. The Hall–Kier alpha value is -2.51. The molecule has 2 aromatic heterocycles. The van der Waals surface area contributed by atoms with Crippen molar-refractivity contribution in [2.75, 3.05) is 6.61 Å². The highest BCUT2D eigenvalue weighted by molar-refractivity contribution is 7.18. The van der Waals surface area contributed by atoms with Gasteiger partial charge in [-0.3, -0.25) is 9.59 Å². The molecule has 0 fully saturated rings. The third-order valence-corrected chi connectivity index (χ3v) is 5.67. The van der Waals surface area contributed by atoms with E-state index in [1.54, 1.807) is 0 Å². The molecule has 1 atom stereocenters. The van der Waals surface area contributed by atoms with Gasteiger partial charge >= 0.3 is 0 Å². The molecule has 6 nitrogen and oxygen atoms in total. The van der Waals surface area contributed by atoms with Crippen LogP contribution in [-0.4, -0.2) is 27.6 Å². The van der Waals surface area contributed by atoms with Crippen molar-refractivity contribution >= 4 is 27.5 Å². The SMILES string of the molecule is O=C(N[C@H](CO)c1ccccc1)c1nc2sc3c(c2c(=O)[nH]1)CCC3. The number of aromatic nitrogens is 2. The normalized spacial score (nSPS) is 14.4. The first kappa shape index (κ1) is 16.0. The van der Waals surface area contributed by atoms with Gasteiger partial charge in [-0.1, -0.05) is 30.3 Å². The smallest absolute Gasteiger partial charge is 0.287 e. The van der Waals surface area contributed by atoms with Crippen molar-refractivity contribution in [3.63, 3.8) is 0 Å². The molecule has 0 saturated carbocycles. The standard InChI is InChI=1S/C18H17N3O3S/c22-9-12(10-5-2-1-3-6-10)19-17(24)15-20-16(23)14-11-7-4-8-13(11)25-18(14)21-15/h1-3,5-6,12,22H,4,7-9H2,(H,19,24)(H,20,21,23)/t12-/m1/s1. The Kier molecular flexibility index (Phi) is 4.10. The van der Waals surface area contributed by atoms with E-state index >= 15 is 0 Å². The molecular formula is C18H17N3O3S. The number of aryl methyl sites for hydroxylation is 2. The lowest BCUT2D eigenvalue weighted by atomic mass is 10.1. The van der Waals surface area contributed by atoms with Crippen molar-refractivity contribution in [1.82, 2.24) is 15.3 Å². The Balaban J connectivity index is 1.65. The van der Waals surface area contributed by atoms with Crippen LogP contribution in [0.1, 0.15) is 39.1 Å². The van der Waals surface area contributed by atoms with Crippen LogP contribution in [0.15, 0.2) is 35.1 Å². The zero-order valence-corrected chi connectivity index (χ0v) is 14.2. The van der Waals surface area contributed by atoms with Gasteiger partial charge in [-0.15, -0.1) is 11.3 Å². The Morgan fingerprint density at radius 3 is 2.88 bits per heavy atom. The summed E-state index contributed by atoms with van der Waals surface area (Å²) in [6, 6.07) is 8.63. The summed E-state index contributed by atoms with van der Waals surface area (Å²) in [6.45, 7) is -0.241. The molecular weight excluding hydrogens is 338 g/mol. The van der Waals surface area contributed by atoms with Crippen LogP contribution in [0.25, 0.3) is 10.2 Å². The van der Waals surface area contributed by atoms with E-state index in [9.17, 15) is 14.7 Å². The summed E-state index contributed by atoms with van der Waals surface area (Å²) in [5.74, 6) is -0.526. The maximum absolute atomic E-state index is 12.5. The van der Waals surface area contributed by atoms with E-state index in [4.69, 9.17) is 0 Å². The largest absolute Gasteiger partial charge is 0.394 e. The van der Waals surface area contributed by atoms with Gasteiger partial charge in [-0.05, 0) is 30.4 Å². The van der Waals surface area contributed by atoms with E-state index in [1.165, 1.54) is 16.2 Å². The summed E-state index contributed by atoms with van der Waals surface area (Å²) < 4.78 is 0. The molecule has 3 aromatic rings. The van der Waals surface area contributed by atoms with Gasteiger partial charge in [0.05, 0.1) is 18.0 Å². The molecule has 1 aromatic carbocycles. The van der Waals surface area contributed by atoms with Gasteiger partial charge < -0.3 is 15.4 Å². The minimum atomic E-state index is -0.553. The molecule has 1 amide bonds. The van der Waals surface area contributed by atoms with Crippen LogP contribution >= 0.6 is 11.3 Å². The summed E-state index contributed by atoms with van der Waals surface area (Å²) in [5.41, 5.74) is 1.60. The zero-order valence-electron chi connectivity index (χ0n) is 13.4. The molecule has 0 aliphatic heterocycles. The molecule has 2 heterocycles. The third-order valence-electron chi connectivity index (χ3n) is 4.48. The predicted molar refractivity (Wildman–Crippen MR) is 96.0 cm³/mol. The first-order valence-corrected chi connectivity index (χ1v) is 9.00. The van der Waals surface area contributed by atoms with Crippen LogP contribution in [0.2, 0.25) is 0 Å². The summed E-state index contributed by atoms with van der Waals surface area (Å²) >= 11 is 1.49. The molecule has 0 radical (unpaired) electrons. The topological polar surface area (TPSA) is 95.1 Å². The van der Waals surface area contributed by atoms with Crippen LogP contribution in [0.4, 0.5) is 0 Å². The number of nitrogens with one attached hydrogen (secondary N) is 2. The lowest BCUT2D eigenvalue weighted by Crippen LogP contribution is -2.33. The fourth-order valence-electron chi connectivity index (χ4n) is 3.26.